The Morgan fingerprint density at radius 3 is 3.12 bits per heavy atom. The lowest BCUT2D eigenvalue weighted by atomic mass is 10.1. The molecule has 1 aromatic rings. The lowest BCUT2D eigenvalue weighted by molar-refractivity contribution is 0.0292. The van der Waals surface area contributed by atoms with Gasteiger partial charge in [0.2, 0.25) is 5.95 Å². The van der Waals surface area contributed by atoms with Crippen LogP contribution in [0.4, 0.5) is 11.8 Å². The molecule has 2 N–H and O–H groups in total. The van der Waals surface area contributed by atoms with Crippen molar-refractivity contribution in [1.82, 2.24) is 9.97 Å². The average molecular weight is 222 g/mol. The molecule has 1 aromatic heterocycles. The van der Waals surface area contributed by atoms with Gasteiger partial charge >= 0.3 is 0 Å². The van der Waals surface area contributed by atoms with E-state index < -0.39 is 0 Å². The van der Waals surface area contributed by atoms with Crippen LogP contribution < -0.4 is 10.6 Å². The fourth-order valence-electron chi connectivity index (χ4n) is 1.93. The molecule has 0 saturated carbocycles. The standard InChI is InChI=1S/C11H18N4O/c1-3-9-7-16-8(2)6-15(9)11-13-5-4-10(12)14-11/h4-5,8-9H,3,6-7H2,1-2H3,(H2,12,13,14). The minimum Gasteiger partial charge on any atom is -0.384 e. The van der Waals surface area contributed by atoms with E-state index in [0.717, 1.165) is 19.6 Å². The van der Waals surface area contributed by atoms with Crippen LogP contribution in [0.2, 0.25) is 0 Å². The van der Waals surface area contributed by atoms with Crippen LogP contribution in [0.25, 0.3) is 0 Å². The van der Waals surface area contributed by atoms with Crippen molar-refractivity contribution in [2.45, 2.75) is 32.4 Å². The zero-order valence-electron chi connectivity index (χ0n) is 9.76. The molecule has 5 heteroatoms. The number of nitrogens with zero attached hydrogens (tertiary/aromatic N) is 3. The summed E-state index contributed by atoms with van der Waals surface area (Å²) in [6, 6.07) is 2.05. The Labute approximate surface area is 95.6 Å². The Hall–Kier alpha value is -1.36. The molecule has 2 heterocycles. The monoisotopic (exact) mass is 222 g/mol. The van der Waals surface area contributed by atoms with Crippen LogP contribution in [0.15, 0.2) is 12.3 Å². The number of hydrogen-bond donors (Lipinski definition) is 1. The first-order chi connectivity index (χ1) is 7.70. The number of morpholine rings is 1. The second-order valence-corrected chi connectivity index (χ2v) is 4.14. The van der Waals surface area contributed by atoms with Crippen molar-refractivity contribution in [2.75, 3.05) is 23.8 Å². The smallest absolute Gasteiger partial charge is 0.227 e. The largest absolute Gasteiger partial charge is 0.384 e. The average Bonchev–Trinajstić information content (AvgIpc) is 2.29. The van der Waals surface area contributed by atoms with Crippen molar-refractivity contribution >= 4 is 11.8 Å². The van der Waals surface area contributed by atoms with E-state index in [1.807, 2.05) is 0 Å². The lowest BCUT2D eigenvalue weighted by Gasteiger charge is -2.38. The highest BCUT2D eigenvalue weighted by molar-refractivity contribution is 5.39. The van der Waals surface area contributed by atoms with Crippen molar-refractivity contribution in [3.8, 4) is 0 Å². The third kappa shape index (κ3) is 2.24. The molecule has 88 valence electrons. The van der Waals surface area contributed by atoms with E-state index in [1.165, 1.54) is 0 Å². The molecule has 1 fully saturated rings. The molecule has 1 saturated heterocycles. The summed E-state index contributed by atoms with van der Waals surface area (Å²) in [4.78, 5) is 10.7. The highest BCUT2D eigenvalue weighted by Crippen LogP contribution is 2.20. The van der Waals surface area contributed by atoms with Crippen LogP contribution in [0.1, 0.15) is 20.3 Å². The summed E-state index contributed by atoms with van der Waals surface area (Å²) in [5.74, 6) is 1.22. The van der Waals surface area contributed by atoms with E-state index in [2.05, 4.69) is 28.7 Å². The highest BCUT2D eigenvalue weighted by atomic mass is 16.5. The Morgan fingerprint density at radius 1 is 1.62 bits per heavy atom. The highest BCUT2D eigenvalue weighted by Gasteiger charge is 2.27. The van der Waals surface area contributed by atoms with Gasteiger partial charge in [0.25, 0.3) is 0 Å². The van der Waals surface area contributed by atoms with E-state index in [-0.39, 0.29) is 6.10 Å². The van der Waals surface area contributed by atoms with Crippen LogP contribution in [0, 0.1) is 0 Å². The van der Waals surface area contributed by atoms with Crippen LogP contribution in [0.3, 0.4) is 0 Å². The maximum Gasteiger partial charge on any atom is 0.227 e. The van der Waals surface area contributed by atoms with Gasteiger partial charge in [0.05, 0.1) is 18.8 Å². The number of aromatic nitrogens is 2. The van der Waals surface area contributed by atoms with Gasteiger partial charge in [-0.1, -0.05) is 6.92 Å². The van der Waals surface area contributed by atoms with E-state index in [9.17, 15) is 0 Å². The third-order valence-corrected chi connectivity index (χ3v) is 2.86. The van der Waals surface area contributed by atoms with Crippen LogP contribution in [0.5, 0.6) is 0 Å². The summed E-state index contributed by atoms with van der Waals surface area (Å²) in [5.41, 5.74) is 5.68. The molecular weight excluding hydrogens is 204 g/mol. The summed E-state index contributed by atoms with van der Waals surface area (Å²) in [6.45, 7) is 5.76. The SMILES string of the molecule is CCC1COC(C)CN1c1nccc(N)n1. The van der Waals surface area contributed by atoms with Crippen molar-refractivity contribution in [3.05, 3.63) is 12.3 Å². The number of nitrogen functional groups attached to an aromatic ring is 1. The summed E-state index contributed by atoms with van der Waals surface area (Å²) < 4.78 is 5.63. The summed E-state index contributed by atoms with van der Waals surface area (Å²) in [5, 5.41) is 0. The molecule has 2 unspecified atom stereocenters. The summed E-state index contributed by atoms with van der Waals surface area (Å²) >= 11 is 0. The van der Waals surface area contributed by atoms with Crippen molar-refractivity contribution < 1.29 is 4.74 Å². The molecule has 0 bridgehead atoms. The first-order valence-corrected chi connectivity index (χ1v) is 5.67. The predicted octanol–water partition coefficient (Wildman–Crippen LogP) is 1.06. The Morgan fingerprint density at radius 2 is 2.44 bits per heavy atom. The topological polar surface area (TPSA) is 64.3 Å². The predicted molar refractivity (Wildman–Crippen MR) is 63.3 cm³/mol. The molecule has 2 rings (SSSR count). The first-order valence-electron chi connectivity index (χ1n) is 5.67. The molecule has 0 amide bonds. The number of ether oxygens (including phenoxy) is 1. The van der Waals surface area contributed by atoms with Gasteiger partial charge in [-0.3, -0.25) is 0 Å². The molecule has 0 spiro atoms. The van der Waals surface area contributed by atoms with Gasteiger partial charge in [0.1, 0.15) is 5.82 Å². The summed E-state index contributed by atoms with van der Waals surface area (Å²) in [6.07, 6.45) is 2.93. The molecule has 1 aliphatic rings. The molecule has 1 aliphatic heterocycles. The van der Waals surface area contributed by atoms with Gasteiger partial charge in [-0.15, -0.1) is 0 Å². The summed E-state index contributed by atoms with van der Waals surface area (Å²) in [7, 11) is 0. The number of hydrogen-bond acceptors (Lipinski definition) is 5. The molecular formula is C11H18N4O. The number of nitrogens with two attached hydrogens (primary N) is 1. The molecule has 5 nitrogen and oxygen atoms in total. The Balaban J connectivity index is 2.22. The lowest BCUT2D eigenvalue weighted by Crippen LogP contribution is -2.49. The van der Waals surface area contributed by atoms with Crippen LogP contribution in [-0.2, 0) is 4.74 Å². The second-order valence-electron chi connectivity index (χ2n) is 4.14. The quantitative estimate of drug-likeness (QED) is 0.810. The number of rotatable bonds is 2. The van der Waals surface area contributed by atoms with Crippen molar-refractivity contribution in [2.24, 2.45) is 0 Å². The van der Waals surface area contributed by atoms with Gasteiger partial charge < -0.3 is 15.4 Å². The van der Waals surface area contributed by atoms with Gasteiger partial charge in [0.15, 0.2) is 0 Å². The van der Waals surface area contributed by atoms with E-state index in [4.69, 9.17) is 10.5 Å². The van der Waals surface area contributed by atoms with Gasteiger partial charge in [-0.2, -0.15) is 4.98 Å². The fraction of sp³-hybridized carbons (Fsp3) is 0.636. The molecule has 2 atom stereocenters. The minimum atomic E-state index is 0.216. The maximum absolute atomic E-state index is 5.68. The normalized spacial score (nSPS) is 25.8. The van der Waals surface area contributed by atoms with E-state index >= 15 is 0 Å². The van der Waals surface area contributed by atoms with Gasteiger partial charge in [0, 0.05) is 12.7 Å². The zero-order valence-corrected chi connectivity index (χ0v) is 9.76. The van der Waals surface area contributed by atoms with E-state index in [1.54, 1.807) is 12.3 Å². The van der Waals surface area contributed by atoms with Gasteiger partial charge in [-0.25, -0.2) is 4.98 Å². The zero-order chi connectivity index (χ0) is 11.5. The maximum atomic E-state index is 5.68. The Kier molecular flexibility index (Phi) is 3.24. The van der Waals surface area contributed by atoms with Crippen LogP contribution >= 0.6 is 0 Å². The van der Waals surface area contributed by atoms with Crippen molar-refractivity contribution in [1.29, 1.82) is 0 Å². The number of anilines is 2. The van der Waals surface area contributed by atoms with Gasteiger partial charge in [-0.05, 0) is 19.4 Å². The molecule has 16 heavy (non-hydrogen) atoms. The fourth-order valence-corrected chi connectivity index (χ4v) is 1.93. The molecule has 0 radical (unpaired) electrons. The third-order valence-electron chi connectivity index (χ3n) is 2.86. The Bertz CT molecular complexity index is 358. The van der Waals surface area contributed by atoms with E-state index in [0.29, 0.717) is 17.8 Å². The van der Waals surface area contributed by atoms with Crippen molar-refractivity contribution in [3.63, 3.8) is 0 Å². The molecule has 0 aliphatic carbocycles. The minimum absolute atomic E-state index is 0.216. The molecule has 0 aromatic carbocycles. The van der Waals surface area contributed by atoms with Crippen LogP contribution in [-0.4, -0.2) is 35.3 Å². The first kappa shape index (κ1) is 11.1. The second kappa shape index (κ2) is 4.65.